The number of hydrogen-bond acceptors (Lipinski definition) is 2. The van der Waals surface area contributed by atoms with Gasteiger partial charge in [-0.15, -0.1) is 0 Å². The standard InChI is InChI=1S/C17H18O2/c1-19-16(18)17(14-10-6-3-7-11-14)12-15(17)13-8-4-2-5-9-13/h3,6-8,10-12H,2,4-5,9H2,1H3/t17-/m0/s1. The molecule has 1 atom stereocenters. The molecule has 0 radical (unpaired) electrons. The molecule has 0 aliphatic heterocycles. The van der Waals surface area contributed by atoms with Crippen molar-refractivity contribution in [1.29, 1.82) is 0 Å². The molecule has 1 aromatic rings. The molecule has 2 aliphatic carbocycles. The van der Waals surface area contributed by atoms with Gasteiger partial charge in [-0.05, 0) is 42.4 Å². The Hall–Kier alpha value is -1.83. The van der Waals surface area contributed by atoms with Crippen molar-refractivity contribution in [2.45, 2.75) is 31.1 Å². The first-order chi connectivity index (χ1) is 9.29. The minimum atomic E-state index is -0.612. The van der Waals surface area contributed by atoms with Crippen molar-refractivity contribution >= 4 is 5.97 Å². The van der Waals surface area contributed by atoms with Gasteiger partial charge in [0.05, 0.1) is 7.11 Å². The number of esters is 1. The molecule has 98 valence electrons. The summed E-state index contributed by atoms with van der Waals surface area (Å²) in [5.41, 5.74) is 2.90. The average molecular weight is 254 g/mol. The topological polar surface area (TPSA) is 26.3 Å². The van der Waals surface area contributed by atoms with E-state index in [-0.39, 0.29) is 5.97 Å². The van der Waals surface area contributed by atoms with E-state index in [9.17, 15) is 4.79 Å². The molecule has 19 heavy (non-hydrogen) atoms. The number of carbonyl (C=O) groups excluding carboxylic acids is 1. The first-order valence-corrected chi connectivity index (χ1v) is 6.86. The van der Waals surface area contributed by atoms with E-state index in [2.05, 4.69) is 12.2 Å². The quantitative estimate of drug-likeness (QED) is 0.771. The maximum Gasteiger partial charge on any atom is 0.324 e. The van der Waals surface area contributed by atoms with Crippen molar-refractivity contribution in [2.75, 3.05) is 7.11 Å². The zero-order valence-corrected chi connectivity index (χ0v) is 11.2. The van der Waals surface area contributed by atoms with Gasteiger partial charge in [-0.2, -0.15) is 0 Å². The predicted molar refractivity (Wildman–Crippen MR) is 74.8 cm³/mol. The molecular formula is C17H18O2. The Morgan fingerprint density at radius 1 is 1.21 bits per heavy atom. The van der Waals surface area contributed by atoms with Crippen molar-refractivity contribution in [1.82, 2.24) is 0 Å². The lowest BCUT2D eigenvalue weighted by Crippen LogP contribution is -2.26. The fourth-order valence-corrected chi connectivity index (χ4v) is 3.00. The third-order valence-electron chi connectivity index (χ3n) is 4.08. The Kier molecular flexibility index (Phi) is 3.02. The van der Waals surface area contributed by atoms with Gasteiger partial charge in [0, 0.05) is 0 Å². The first kappa shape index (κ1) is 12.2. The number of hydrogen-bond donors (Lipinski definition) is 0. The summed E-state index contributed by atoms with van der Waals surface area (Å²) in [6, 6.07) is 9.92. The highest BCUT2D eigenvalue weighted by Crippen LogP contribution is 2.52. The van der Waals surface area contributed by atoms with Crippen LogP contribution in [0.3, 0.4) is 0 Å². The number of methoxy groups -OCH3 is 1. The molecule has 0 heterocycles. The smallest absolute Gasteiger partial charge is 0.324 e. The average Bonchev–Trinajstić information content (AvgIpc) is 3.25. The van der Waals surface area contributed by atoms with Gasteiger partial charge in [-0.25, -0.2) is 0 Å². The number of benzene rings is 1. The Morgan fingerprint density at radius 3 is 2.63 bits per heavy atom. The third kappa shape index (κ3) is 1.92. The highest BCUT2D eigenvalue weighted by molar-refractivity contribution is 5.98. The van der Waals surface area contributed by atoms with Crippen molar-refractivity contribution in [2.24, 2.45) is 0 Å². The molecule has 1 aromatic carbocycles. The van der Waals surface area contributed by atoms with Gasteiger partial charge in [0.1, 0.15) is 5.41 Å². The van der Waals surface area contributed by atoms with Crippen LogP contribution < -0.4 is 0 Å². The van der Waals surface area contributed by atoms with E-state index in [1.807, 2.05) is 30.3 Å². The van der Waals surface area contributed by atoms with Crippen LogP contribution in [-0.2, 0) is 14.9 Å². The molecule has 2 heteroatoms. The normalized spacial score (nSPS) is 25.3. The van der Waals surface area contributed by atoms with Crippen molar-refractivity contribution < 1.29 is 9.53 Å². The molecule has 0 N–H and O–H groups in total. The van der Waals surface area contributed by atoms with E-state index in [1.54, 1.807) is 0 Å². The molecule has 2 nitrogen and oxygen atoms in total. The fourth-order valence-electron chi connectivity index (χ4n) is 3.00. The molecule has 0 aromatic heterocycles. The van der Waals surface area contributed by atoms with Gasteiger partial charge in [0.2, 0.25) is 0 Å². The van der Waals surface area contributed by atoms with Crippen LogP contribution in [0.2, 0.25) is 0 Å². The monoisotopic (exact) mass is 254 g/mol. The minimum absolute atomic E-state index is 0.167. The lowest BCUT2D eigenvalue weighted by Gasteiger charge is -2.19. The molecular weight excluding hydrogens is 236 g/mol. The van der Waals surface area contributed by atoms with Crippen LogP contribution in [0.25, 0.3) is 0 Å². The summed E-state index contributed by atoms with van der Waals surface area (Å²) in [6.45, 7) is 0. The molecule has 0 bridgehead atoms. The molecule has 0 spiro atoms. The SMILES string of the molecule is COC(=O)[C@]1(c2ccccc2)C=C1C1=CCCCC1. The van der Waals surface area contributed by atoms with Gasteiger partial charge < -0.3 is 4.74 Å². The van der Waals surface area contributed by atoms with Crippen LogP contribution in [-0.4, -0.2) is 13.1 Å². The van der Waals surface area contributed by atoms with Gasteiger partial charge in [-0.3, -0.25) is 4.79 Å². The number of allylic oxidation sites excluding steroid dienone is 2. The molecule has 0 fully saturated rings. The van der Waals surface area contributed by atoms with E-state index in [0.717, 1.165) is 24.0 Å². The van der Waals surface area contributed by atoms with Crippen LogP contribution in [0, 0.1) is 0 Å². The zero-order valence-electron chi connectivity index (χ0n) is 11.2. The summed E-state index contributed by atoms with van der Waals surface area (Å²) in [6.07, 6.45) is 9.02. The van der Waals surface area contributed by atoms with E-state index in [0.29, 0.717) is 0 Å². The number of carbonyl (C=O) groups is 1. The van der Waals surface area contributed by atoms with E-state index in [1.165, 1.54) is 25.5 Å². The van der Waals surface area contributed by atoms with Gasteiger partial charge in [0.25, 0.3) is 0 Å². The lowest BCUT2D eigenvalue weighted by molar-refractivity contribution is -0.142. The highest BCUT2D eigenvalue weighted by atomic mass is 16.5. The summed E-state index contributed by atoms with van der Waals surface area (Å²) < 4.78 is 5.03. The summed E-state index contributed by atoms with van der Waals surface area (Å²) >= 11 is 0. The van der Waals surface area contributed by atoms with Crippen molar-refractivity contribution in [3.8, 4) is 0 Å². The van der Waals surface area contributed by atoms with Crippen molar-refractivity contribution in [3.05, 3.63) is 59.2 Å². The molecule has 2 aliphatic rings. The fraction of sp³-hybridized carbons (Fsp3) is 0.353. The maximum atomic E-state index is 12.2. The molecule has 0 amide bonds. The highest BCUT2D eigenvalue weighted by Gasteiger charge is 2.54. The molecule has 3 rings (SSSR count). The van der Waals surface area contributed by atoms with Crippen LogP contribution >= 0.6 is 0 Å². The second-order valence-corrected chi connectivity index (χ2v) is 5.20. The Balaban J connectivity index is 1.95. The Bertz CT molecular complexity index is 554. The second kappa shape index (κ2) is 4.69. The largest absolute Gasteiger partial charge is 0.468 e. The van der Waals surface area contributed by atoms with Crippen LogP contribution in [0.15, 0.2) is 53.6 Å². The van der Waals surface area contributed by atoms with E-state index in [4.69, 9.17) is 4.74 Å². The predicted octanol–water partition coefficient (Wildman–Crippen LogP) is 3.54. The summed E-state index contributed by atoms with van der Waals surface area (Å²) in [7, 11) is 1.46. The molecule has 0 unspecified atom stereocenters. The summed E-state index contributed by atoms with van der Waals surface area (Å²) in [5.74, 6) is -0.167. The van der Waals surface area contributed by atoms with Crippen LogP contribution in [0.5, 0.6) is 0 Å². The summed E-state index contributed by atoms with van der Waals surface area (Å²) in [5, 5.41) is 0. The number of rotatable bonds is 3. The molecule has 0 saturated carbocycles. The van der Waals surface area contributed by atoms with Gasteiger partial charge in [0.15, 0.2) is 0 Å². The third-order valence-corrected chi connectivity index (χ3v) is 4.08. The lowest BCUT2D eigenvalue weighted by atomic mass is 9.85. The summed E-state index contributed by atoms with van der Waals surface area (Å²) in [4.78, 5) is 12.2. The van der Waals surface area contributed by atoms with E-state index < -0.39 is 5.41 Å². The Labute approximate surface area is 113 Å². The van der Waals surface area contributed by atoms with Gasteiger partial charge >= 0.3 is 5.97 Å². The molecule has 0 saturated heterocycles. The van der Waals surface area contributed by atoms with E-state index >= 15 is 0 Å². The van der Waals surface area contributed by atoms with Gasteiger partial charge in [-0.1, -0.05) is 42.5 Å². The van der Waals surface area contributed by atoms with Crippen LogP contribution in [0.4, 0.5) is 0 Å². The van der Waals surface area contributed by atoms with Crippen LogP contribution in [0.1, 0.15) is 31.2 Å². The minimum Gasteiger partial charge on any atom is -0.468 e. The van der Waals surface area contributed by atoms with Crippen molar-refractivity contribution in [3.63, 3.8) is 0 Å². The maximum absolute atomic E-state index is 12.2. The number of ether oxygens (including phenoxy) is 1. The Morgan fingerprint density at radius 2 is 2.00 bits per heavy atom. The zero-order chi connectivity index (χ0) is 13.3. The first-order valence-electron chi connectivity index (χ1n) is 6.86. The second-order valence-electron chi connectivity index (χ2n) is 5.20.